The van der Waals surface area contributed by atoms with Crippen LogP contribution in [0.15, 0.2) is 36.9 Å². The summed E-state index contributed by atoms with van der Waals surface area (Å²) in [7, 11) is 0. The van der Waals surface area contributed by atoms with E-state index in [-0.39, 0.29) is 0 Å². The fourth-order valence-corrected chi connectivity index (χ4v) is 1.04. The van der Waals surface area contributed by atoms with E-state index in [1.54, 1.807) is 0 Å². The van der Waals surface area contributed by atoms with Crippen molar-refractivity contribution >= 4 is 24.8 Å². The molecule has 12 heavy (non-hydrogen) atoms. The molecular formula is C11H12S. The first-order chi connectivity index (χ1) is 5.86. The van der Waals surface area contributed by atoms with Crippen LogP contribution in [-0.4, -0.2) is 5.75 Å². The predicted molar refractivity (Wildman–Crippen MR) is 59.4 cm³/mol. The molecule has 0 radical (unpaired) electrons. The van der Waals surface area contributed by atoms with Crippen LogP contribution in [0.3, 0.4) is 0 Å². The largest absolute Gasteiger partial charge is 0.175 e. The maximum Gasteiger partial charge on any atom is 0.00858 e. The fourth-order valence-electron chi connectivity index (χ4n) is 0.932. The van der Waals surface area contributed by atoms with E-state index in [4.69, 9.17) is 0 Å². The van der Waals surface area contributed by atoms with Crippen molar-refractivity contribution in [3.05, 3.63) is 48.0 Å². The summed E-state index contributed by atoms with van der Waals surface area (Å²) >= 11 is 4.09. The molecule has 0 bridgehead atoms. The average Bonchev–Trinajstić information content (AvgIpc) is 2.15. The maximum absolute atomic E-state index is 4.09. The Bertz CT molecular complexity index is 270. The maximum atomic E-state index is 4.09. The van der Waals surface area contributed by atoms with Gasteiger partial charge in [-0.15, -0.1) is 0 Å². The quantitative estimate of drug-likeness (QED) is 0.671. The van der Waals surface area contributed by atoms with Crippen molar-refractivity contribution in [1.82, 2.24) is 0 Å². The van der Waals surface area contributed by atoms with Crippen molar-refractivity contribution < 1.29 is 0 Å². The van der Waals surface area contributed by atoms with Gasteiger partial charge >= 0.3 is 0 Å². The van der Waals surface area contributed by atoms with Crippen LogP contribution < -0.4 is 0 Å². The van der Waals surface area contributed by atoms with E-state index in [0.717, 1.165) is 11.3 Å². The molecule has 0 atom stereocenters. The second-order valence-corrected chi connectivity index (χ2v) is 2.82. The Morgan fingerprint density at radius 2 is 1.75 bits per heavy atom. The molecule has 0 amide bonds. The third kappa shape index (κ3) is 2.59. The Labute approximate surface area is 79.0 Å². The first-order valence-corrected chi connectivity index (χ1v) is 4.50. The fraction of sp³-hybridized carbons (Fsp3) is 0.0909. The normalized spacial score (nSPS) is 10.4. The molecule has 0 saturated carbocycles. The van der Waals surface area contributed by atoms with Crippen molar-refractivity contribution in [2.75, 3.05) is 5.75 Å². The summed E-state index contributed by atoms with van der Waals surface area (Å²) in [5.74, 6) is 0.781. The Kier molecular flexibility index (Phi) is 3.68. The van der Waals surface area contributed by atoms with Crippen molar-refractivity contribution in [2.45, 2.75) is 0 Å². The summed E-state index contributed by atoms with van der Waals surface area (Å²) in [6, 6.07) is 8.23. The Morgan fingerprint density at radius 1 is 1.17 bits per heavy atom. The second kappa shape index (κ2) is 4.83. The first kappa shape index (κ1) is 9.14. The van der Waals surface area contributed by atoms with Gasteiger partial charge in [-0.25, -0.2) is 0 Å². The number of hydrogen-bond acceptors (Lipinski definition) is 1. The van der Waals surface area contributed by atoms with Gasteiger partial charge in [0.1, 0.15) is 0 Å². The molecule has 0 aromatic heterocycles. The highest BCUT2D eigenvalue weighted by molar-refractivity contribution is 7.80. The summed E-state index contributed by atoms with van der Waals surface area (Å²) < 4.78 is 0. The molecular weight excluding hydrogens is 164 g/mol. The molecule has 1 rings (SSSR count). The molecule has 0 heterocycles. The topological polar surface area (TPSA) is 0 Å². The molecule has 0 aliphatic rings. The van der Waals surface area contributed by atoms with Gasteiger partial charge in [0, 0.05) is 5.75 Å². The summed E-state index contributed by atoms with van der Waals surface area (Å²) in [4.78, 5) is 0. The Morgan fingerprint density at radius 3 is 2.25 bits per heavy atom. The van der Waals surface area contributed by atoms with Crippen molar-refractivity contribution in [3.8, 4) is 0 Å². The van der Waals surface area contributed by atoms with E-state index in [2.05, 4.69) is 37.4 Å². The van der Waals surface area contributed by atoms with Crippen LogP contribution in [0.25, 0.3) is 12.2 Å². The van der Waals surface area contributed by atoms with Gasteiger partial charge in [-0.1, -0.05) is 49.1 Å². The number of hydrogen-bond donors (Lipinski definition) is 1. The lowest BCUT2D eigenvalue weighted by atomic mass is 10.1. The minimum Gasteiger partial charge on any atom is -0.175 e. The van der Waals surface area contributed by atoms with E-state index in [1.807, 2.05) is 24.3 Å². The second-order valence-electron chi connectivity index (χ2n) is 2.46. The van der Waals surface area contributed by atoms with Crippen molar-refractivity contribution in [1.29, 1.82) is 0 Å². The lowest BCUT2D eigenvalue weighted by molar-refractivity contribution is 1.62. The zero-order chi connectivity index (χ0) is 8.81. The SMILES string of the molecule is C=Cc1ccc(C=CCS)cc1. The third-order valence-electron chi connectivity index (χ3n) is 1.59. The van der Waals surface area contributed by atoms with Gasteiger partial charge in [0.05, 0.1) is 0 Å². The molecule has 0 fully saturated rings. The highest BCUT2D eigenvalue weighted by Gasteiger charge is 1.85. The molecule has 0 aliphatic carbocycles. The minimum absolute atomic E-state index is 0.781. The Hall–Kier alpha value is -0.950. The Balaban J connectivity index is 2.77. The molecule has 0 N–H and O–H groups in total. The van der Waals surface area contributed by atoms with E-state index in [0.29, 0.717) is 0 Å². The summed E-state index contributed by atoms with van der Waals surface area (Å²) in [5.41, 5.74) is 2.35. The van der Waals surface area contributed by atoms with E-state index >= 15 is 0 Å². The van der Waals surface area contributed by atoms with E-state index < -0.39 is 0 Å². The highest BCUT2D eigenvalue weighted by Crippen LogP contribution is 2.06. The molecule has 1 aromatic rings. The summed E-state index contributed by atoms with van der Waals surface area (Å²) in [5, 5.41) is 0. The third-order valence-corrected chi connectivity index (χ3v) is 1.80. The molecule has 1 heteroatoms. The van der Waals surface area contributed by atoms with Crippen LogP contribution in [0, 0.1) is 0 Å². The van der Waals surface area contributed by atoms with Gasteiger partial charge in [0.25, 0.3) is 0 Å². The van der Waals surface area contributed by atoms with Gasteiger partial charge in [-0.2, -0.15) is 12.6 Å². The van der Waals surface area contributed by atoms with Crippen LogP contribution in [-0.2, 0) is 0 Å². The zero-order valence-electron chi connectivity index (χ0n) is 6.90. The number of thiol groups is 1. The molecule has 62 valence electrons. The molecule has 0 spiro atoms. The van der Waals surface area contributed by atoms with E-state index in [9.17, 15) is 0 Å². The molecule has 0 unspecified atom stereocenters. The summed E-state index contributed by atoms with van der Waals surface area (Å²) in [6.07, 6.45) is 5.91. The monoisotopic (exact) mass is 176 g/mol. The van der Waals surface area contributed by atoms with Crippen molar-refractivity contribution in [3.63, 3.8) is 0 Å². The van der Waals surface area contributed by atoms with Gasteiger partial charge in [0.2, 0.25) is 0 Å². The highest BCUT2D eigenvalue weighted by atomic mass is 32.1. The van der Waals surface area contributed by atoms with Gasteiger partial charge < -0.3 is 0 Å². The molecule has 0 saturated heterocycles. The molecule has 0 aliphatic heterocycles. The number of benzene rings is 1. The smallest absolute Gasteiger partial charge is 0.00858 e. The lowest BCUT2D eigenvalue weighted by Crippen LogP contribution is -1.73. The van der Waals surface area contributed by atoms with Gasteiger partial charge in [-0.3, -0.25) is 0 Å². The van der Waals surface area contributed by atoms with Crippen LogP contribution in [0.4, 0.5) is 0 Å². The standard InChI is InChI=1S/C11H12S/c1-2-10-5-7-11(8-6-10)4-3-9-12/h2-8,12H,1,9H2. The predicted octanol–water partition coefficient (Wildman–Crippen LogP) is 3.27. The van der Waals surface area contributed by atoms with Crippen LogP contribution in [0.2, 0.25) is 0 Å². The van der Waals surface area contributed by atoms with Crippen LogP contribution in [0.5, 0.6) is 0 Å². The summed E-state index contributed by atoms with van der Waals surface area (Å²) in [6.45, 7) is 3.69. The number of rotatable bonds is 3. The van der Waals surface area contributed by atoms with Gasteiger partial charge in [-0.05, 0) is 11.1 Å². The van der Waals surface area contributed by atoms with Crippen LogP contribution >= 0.6 is 12.6 Å². The first-order valence-electron chi connectivity index (χ1n) is 3.86. The lowest BCUT2D eigenvalue weighted by Gasteiger charge is -1.94. The average molecular weight is 176 g/mol. The van der Waals surface area contributed by atoms with Crippen LogP contribution in [0.1, 0.15) is 11.1 Å². The molecule has 0 nitrogen and oxygen atoms in total. The zero-order valence-corrected chi connectivity index (χ0v) is 7.80. The van der Waals surface area contributed by atoms with Crippen molar-refractivity contribution in [2.24, 2.45) is 0 Å². The molecule has 1 aromatic carbocycles. The minimum atomic E-state index is 0.781. The van der Waals surface area contributed by atoms with E-state index in [1.165, 1.54) is 5.56 Å². The van der Waals surface area contributed by atoms with Gasteiger partial charge in [0.15, 0.2) is 0 Å².